The Bertz CT molecular complexity index is 704. The van der Waals surface area contributed by atoms with Gasteiger partial charge in [-0.15, -0.1) is 0 Å². The number of carbonyl (C=O) groups excluding carboxylic acids is 2. The Hall–Kier alpha value is -2.34. The van der Waals surface area contributed by atoms with Crippen LogP contribution in [0, 0.1) is 0 Å². The molecule has 2 aromatic rings. The fraction of sp³-hybridized carbons (Fsp3) is 0.235. The lowest BCUT2D eigenvalue weighted by Crippen LogP contribution is -2.31. The largest absolute Gasteiger partial charge is 0.494 e. The number of hydrogen-bond donors (Lipinski definition) is 0. The van der Waals surface area contributed by atoms with Crippen LogP contribution in [-0.4, -0.2) is 28.7 Å². The van der Waals surface area contributed by atoms with E-state index in [2.05, 4.69) is 4.98 Å². The van der Waals surface area contributed by atoms with Crippen molar-refractivity contribution in [2.75, 3.05) is 11.5 Å². The molecule has 0 spiro atoms. The lowest BCUT2D eigenvalue weighted by Gasteiger charge is -2.15. The van der Waals surface area contributed by atoms with Gasteiger partial charge in [0.1, 0.15) is 5.75 Å². The normalized spacial score (nSPS) is 17.6. The third-order valence-electron chi connectivity index (χ3n) is 3.41. The molecule has 2 amide bonds. The van der Waals surface area contributed by atoms with Crippen LogP contribution < -0.4 is 9.64 Å². The first-order chi connectivity index (χ1) is 11.2. The van der Waals surface area contributed by atoms with Crippen molar-refractivity contribution in [3.8, 4) is 5.75 Å². The van der Waals surface area contributed by atoms with Crippen LogP contribution in [0.25, 0.3) is 0 Å². The molecule has 0 N–H and O–H groups in total. The maximum absolute atomic E-state index is 12.6. The highest BCUT2D eigenvalue weighted by Crippen LogP contribution is 2.33. The van der Waals surface area contributed by atoms with Crippen molar-refractivity contribution in [3.63, 3.8) is 0 Å². The molecule has 23 heavy (non-hydrogen) atoms. The van der Waals surface area contributed by atoms with E-state index >= 15 is 0 Å². The number of amides is 2. The maximum Gasteiger partial charge on any atom is 0.247 e. The Labute approximate surface area is 138 Å². The molecule has 0 aliphatic carbocycles. The zero-order valence-electron chi connectivity index (χ0n) is 12.6. The minimum atomic E-state index is -0.427. The molecule has 2 heterocycles. The number of nitrogens with zero attached hydrogens (tertiary/aromatic N) is 2. The first-order valence-corrected chi connectivity index (χ1v) is 8.24. The molecule has 0 saturated carbocycles. The summed E-state index contributed by atoms with van der Waals surface area (Å²) in [5.41, 5.74) is 0.576. The molecule has 1 aromatic heterocycles. The van der Waals surface area contributed by atoms with E-state index in [4.69, 9.17) is 4.74 Å². The van der Waals surface area contributed by atoms with Gasteiger partial charge in [0.05, 0.1) is 22.6 Å². The standard InChI is InChI=1S/C17H16N2O3S/c1-2-22-13-8-6-12(7-9-13)19-16(20)11-14(17(19)21)23-15-5-3-4-10-18-15/h3-10,14H,2,11H2,1H3/t14-/m0/s1. The van der Waals surface area contributed by atoms with Crippen molar-refractivity contribution in [1.29, 1.82) is 0 Å². The van der Waals surface area contributed by atoms with Crippen LogP contribution in [-0.2, 0) is 9.59 Å². The lowest BCUT2D eigenvalue weighted by atomic mass is 10.3. The number of anilines is 1. The molecule has 1 saturated heterocycles. The number of benzene rings is 1. The van der Waals surface area contributed by atoms with E-state index < -0.39 is 5.25 Å². The summed E-state index contributed by atoms with van der Waals surface area (Å²) in [6.45, 7) is 2.48. The number of pyridine rings is 1. The molecule has 3 rings (SSSR count). The van der Waals surface area contributed by atoms with Gasteiger partial charge in [-0.05, 0) is 43.3 Å². The third kappa shape index (κ3) is 3.37. The van der Waals surface area contributed by atoms with Crippen molar-refractivity contribution in [2.24, 2.45) is 0 Å². The monoisotopic (exact) mass is 328 g/mol. The zero-order valence-corrected chi connectivity index (χ0v) is 13.5. The first kappa shape index (κ1) is 15.6. The number of ether oxygens (including phenoxy) is 1. The maximum atomic E-state index is 12.6. The van der Waals surface area contributed by atoms with Crippen molar-refractivity contribution in [2.45, 2.75) is 23.6 Å². The average molecular weight is 328 g/mol. The van der Waals surface area contributed by atoms with E-state index in [1.54, 1.807) is 30.5 Å². The van der Waals surface area contributed by atoms with Crippen molar-refractivity contribution in [3.05, 3.63) is 48.7 Å². The number of aromatic nitrogens is 1. The first-order valence-electron chi connectivity index (χ1n) is 7.36. The van der Waals surface area contributed by atoms with Crippen LogP contribution in [0.3, 0.4) is 0 Å². The fourth-order valence-electron chi connectivity index (χ4n) is 2.39. The van der Waals surface area contributed by atoms with Crippen LogP contribution >= 0.6 is 11.8 Å². The van der Waals surface area contributed by atoms with Crippen LogP contribution in [0.2, 0.25) is 0 Å². The molecule has 118 valence electrons. The predicted octanol–water partition coefficient (Wildman–Crippen LogP) is 2.90. The molecule has 0 unspecified atom stereocenters. The summed E-state index contributed by atoms with van der Waals surface area (Å²) in [5, 5.41) is 0.316. The summed E-state index contributed by atoms with van der Waals surface area (Å²) in [6, 6.07) is 12.5. The van der Waals surface area contributed by atoms with E-state index in [1.807, 2.05) is 25.1 Å². The second kappa shape index (κ2) is 6.83. The minimum absolute atomic E-state index is 0.187. The Balaban J connectivity index is 1.76. The molecule has 6 heteroatoms. The number of imide groups is 1. The average Bonchev–Trinajstić information content (AvgIpc) is 2.84. The molecule has 0 radical (unpaired) electrons. The van der Waals surface area contributed by atoms with Crippen LogP contribution in [0.1, 0.15) is 13.3 Å². The Morgan fingerprint density at radius 3 is 2.65 bits per heavy atom. The lowest BCUT2D eigenvalue weighted by molar-refractivity contribution is -0.121. The topological polar surface area (TPSA) is 59.5 Å². The molecule has 1 fully saturated rings. The smallest absolute Gasteiger partial charge is 0.247 e. The van der Waals surface area contributed by atoms with Gasteiger partial charge in [-0.1, -0.05) is 17.8 Å². The van der Waals surface area contributed by atoms with Gasteiger partial charge in [0, 0.05) is 12.6 Å². The van der Waals surface area contributed by atoms with Crippen molar-refractivity contribution >= 4 is 29.3 Å². The van der Waals surface area contributed by atoms with Gasteiger partial charge in [-0.25, -0.2) is 9.88 Å². The molecule has 1 aliphatic heterocycles. The Morgan fingerprint density at radius 1 is 1.22 bits per heavy atom. The summed E-state index contributed by atoms with van der Waals surface area (Å²) in [7, 11) is 0. The van der Waals surface area contributed by atoms with Crippen LogP contribution in [0.4, 0.5) is 5.69 Å². The predicted molar refractivity (Wildman–Crippen MR) is 88.6 cm³/mol. The summed E-state index contributed by atoms with van der Waals surface area (Å²) in [6.07, 6.45) is 1.86. The van der Waals surface area contributed by atoms with Gasteiger partial charge in [0.15, 0.2) is 0 Å². The number of rotatable bonds is 5. The van der Waals surface area contributed by atoms with E-state index in [1.165, 1.54) is 16.7 Å². The highest BCUT2D eigenvalue weighted by Gasteiger charge is 2.40. The fourth-order valence-corrected chi connectivity index (χ4v) is 3.39. The van der Waals surface area contributed by atoms with Crippen LogP contribution in [0.5, 0.6) is 5.75 Å². The highest BCUT2D eigenvalue weighted by atomic mass is 32.2. The molecular weight excluding hydrogens is 312 g/mol. The molecular formula is C17H16N2O3S. The van der Waals surface area contributed by atoms with Gasteiger partial charge >= 0.3 is 0 Å². The molecule has 1 aromatic carbocycles. The Kier molecular flexibility index (Phi) is 4.62. The van der Waals surface area contributed by atoms with Crippen molar-refractivity contribution in [1.82, 2.24) is 4.98 Å². The van der Waals surface area contributed by atoms with Gasteiger partial charge in [0.2, 0.25) is 11.8 Å². The number of thioether (sulfide) groups is 1. The molecule has 1 atom stereocenters. The van der Waals surface area contributed by atoms with E-state index in [0.717, 1.165) is 10.8 Å². The number of carbonyl (C=O) groups is 2. The highest BCUT2D eigenvalue weighted by molar-refractivity contribution is 8.00. The minimum Gasteiger partial charge on any atom is -0.494 e. The Morgan fingerprint density at radius 2 is 2.00 bits per heavy atom. The van der Waals surface area contributed by atoms with Crippen LogP contribution in [0.15, 0.2) is 53.7 Å². The van der Waals surface area contributed by atoms with Gasteiger partial charge < -0.3 is 4.74 Å². The summed E-state index contributed by atoms with van der Waals surface area (Å²) in [4.78, 5) is 30.2. The molecule has 1 aliphatic rings. The third-order valence-corrected chi connectivity index (χ3v) is 4.55. The molecule has 5 nitrogen and oxygen atoms in total. The summed E-state index contributed by atoms with van der Waals surface area (Å²) in [5.74, 6) is 0.331. The summed E-state index contributed by atoms with van der Waals surface area (Å²) < 4.78 is 5.38. The SMILES string of the molecule is CCOc1ccc(N2C(=O)C[C@H](Sc3ccccn3)C2=O)cc1. The quantitative estimate of drug-likeness (QED) is 0.790. The van der Waals surface area contributed by atoms with Gasteiger partial charge in [-0.3, -0.25) is 9.59 Å². The second-order valence-electron chi connectivity index (χ2n) is 4.97. The molecule has 0 bridgehead atoms. The summed E-state index contributed by atoms with van der Waals surface area (Å²) >= 11 is 1.32. The van der Waals surface area contributed by atoms with E-state index in [0.29, 0.717) is 12.3 Å². The zero-order chi connectivity index (χ0) is 16.2. The van der Waals surface area contributed by atoms with Crippen molar-refractivity contribution < 1.29 is 14.3 Å². The van der Waals surface area contributed by atoms with Gasteiger partial charge in [0.25, 0.3) is 0 Å². The van der Waals surface area contributed by atoms with E-state index in [-0.39, 0.29) is 18.2 Å². The number of hydrogen-bond acceptors (Lipinski definition) is 5. The second-order valence-corrected chi connectivity index (χ2v) is 6.20. The van der Waals surface area contributed by atoms with Gasteiger partial charge in [-0.2, -0.15) is 0 Å². The van der Waals surface area contributed by atoms with E-state index in [9.17, 15) is 9.59 Å².